The fraction of sp³-hybridized carbons (Fsp3) is 0.400. The van der Waals surface area contributed by atoms with E-state index in [0.29, 0.717) is 18.5 Å². The molecule has 0 spiro atoms. The Kier molecular flexibility index (Phi) is 4.83. The number of hydrogen-bond donors (Lipinski definition) is 2. The minimum absolute atomic E-state index is 0.155. The maximum Gasteiger partial charge on any atom is 0.147 e. The molecule has 0 aliphatic rings. The van der Waals surface area contributed by atoms with E-state index in [9.17, 15) is 8.42 Å². The predicted octanol–water partition coefficient (Wildman–Crippen LogP) is 0.562. The second kappa shape index (κ2) is 5.92. The van der Waals surface area contributed by atoms with Crippen LogP contribution in [0.15, 0.2) is 18.5 Å². The van der Waals surface area contributed by atoms with Gasteiger partial charge in [-0.05, 0) is 12.5 Å². The highest BCUT2D eigenvalue weighted by molar-refractivity contribution is 7.90. The highest BCUT2D eigenvalue weighted by Gasteiger charge is 2.05. The van der Waals surface area contributed by atoms with Crippen LogP contribution in [0.4, 0.5) is 5.69 Å². The van der Waals surface area contributed by atoms with Crippen molar-refractivity contribution in [2.24, 2.45) is 5.73 Å². The van der Waals surface area contributed by atoms with Gasteiger partial charge in [0.2, 0.25) is 0 Å². The fourth-order valence-electron chi connectivity index (χ4n) is 1.31. The lowest BCUT2D eigenvalue weighted by Gasteiger charge is -2.09. The first kappa shape index (κ1) is 13.9. The molecule has 1 aromatic rings. The van der Waals surface area contributed by atoms with Crippen molar-refractivity contribution < 1.29 is 8.42 Å². The molecule has 0 aliphatic heterocycles. The summed E-state index contributed by atoms with van der Waals surface area (Å²) >= 11 is 4.90. The molecule has 0 unspecified atom stereocenters. The molecular formula is C10H15N3O2S2. The first-order valence-corrected chi connectivity index (χ1v) is 7.52. The van der Waals surface area contributed by atoms with Gasteiger partial charge in [0.15, 0.2) is 0 Å². The van der Waals surface area contributed by atoms with E-state index in [1.54, 1.807) is 18.5 Å². The van der Waals surface area contributed by atoms with Gasteiger partial charge in [0, 0.05) is 24.6 Å². The number of anilines is 1. The SMILES string of the molecule is CS(=O)(=O)CCCNc1cnccc1C(N)=S. The summed E-state index contributed by atoms with van der Waals surface area (Å²) < 4.78 is 21.9. The average molecular weight is 273 g/mol. The normalized spacial score (nSPS) is 11.1. The van der Waals surface area contributed by atoms with Crippen LogP contribution < -0.4 is 11.1 Å². The summed E-state index contributed by atoms with van der Waals surface area (Å²) in [6.45, 7) is 0.536. The molecule has 5 nitrogen and oxygen atoms in total. The van der Waals surface area contributed by atoms with Crippen LogP contribution >= 0.6 is 12.2 Å². The molecule has 1 aromatic heterocycles. The van der Waals surface area contributed by atoms with Gasteiger partial charge in [-0.25, -0.2) is 8.42 Å². The van der Waals surface area contributed by atoms with Crippen LogP contribution in [0, 0.1) is 0 Å². The monoisotopic (exact) mass is 273 g/mol. The molecule has 3 N–H and O–H groups in total. The minimum atomic E-state index is -2.91. The zero-order valence-corrected chi connectivity index (χ0v) is 11.1. The van der Waals surface area contributed by atoms with Gasteiger partial charge in [-0.3, -0.25) is 4.98 Å². The van der Waals surface area contributed by atoms with Crippen LogP contribution in [0.2, 0.25) is 0 Å². The van der Waals surface area contributed by atoms with Gasteiger partial charge in [0.05, 0.1) is 17.6 Å². The molecule has 17 heavy (non-hydrogen) atoms. The van der Waals surface area contributed by atoms with Gasteiger partial charge in [0.25, 0.3) is 0 Å². The van der Waals surface area contributed by atoms with Gasteiger partial charge in [-0.1, -0.05) is 12.2 Å². The fourth-order valence-corrected chi connectivity index (χ4v) is 2.15. The molecule has 0 aromatic carbocycles. The number of aromatic nitrogens is 1. The third-order valence-corrected chi connectivity index (χ3v) is 3.34. The first-order valence-electron chi connectivity index (χ1n) is 5.05. The summed E-state index contributed by atoms with van der Waals surface area (Å²) in [5, 5.41) is 3.07. The minimum Gasteiger partial charge on any atom is -0.389 e. The van der Waals surface area contributed by atoms with E-state index in [1.165, 1.54) is 6.26 Å². The van der Waals surface area contributed by atoms with Crippen molar-refractivity contribution in [3.8, 4) is 0 Å². The maximum atomic E-state index is 10.9. The summed E-state index contributed by atoms with van der Waals surface area (Å²) in [6.07, 6.45) is 4.98. The van der Waals surface area contributed by atoms with Crippen molar-refractivity contribution in [3.63, 3.8) is 0 Å². The quantitative estimate of drug-likeness (QED) is 0.582. The topological polar surface area (TPSA) is 85.1 Å². The Morgan fingerprint density at radius 2 is 2.29 bits per heavy atom. The molecule has 0 aliphatic carbocycles. The molecule has 94 valence electrons. The molecule has 0 atom stereocenters. The van der Waals surface area contributed by atoms with Crippen molar-refractivity contribution in [2.75, 3.05) is 23.9 Å². The third kappa shape index (κ3) is 5.10. The number of nitrogens with zero attached hydrogens (tertiary/aromatic N) is 1. The largest absolute Gasteiger partial charge is 0.389 e. The summed E-state index contributed by atoms with van der Waals surface area (Å²) in [6, 6.07) is 1.72. The van der Waals surface area contributed by atoms with E-state index in [2.05, 4.69) is 10.3 Å². The van der Waals surface area contributed by atoms with Crippen molar-refractivity contribution in [2.45, 2.75) is 6.42 Å². The average Bonchev–Trinajstić information content (AvgIpc) is 2.23. The number of hydrogen-bond acceptors (Lipinski definition) is 5. The molecule has 0 radical (unpaired) electrons. The first-order chi connectivity index (χ1) is 7.90. The molecule has 1 heterocycles. The Hall–Kier alpha value is -1.21. The van der Waals surface area contributed by atoms with Gasteiger partial charge < -0.3 is 11.1 Å². The van der Waals surface area contributed by atoms with E-state index in [1.807, 2.05) is 0 Å². The Morgan fingerprint density at radius 1 is 1.59 bits per heavy atom. The predicted molar refractivity (Wildman–Crippen MR) is 72.9 cm³/mol. The van der Waals surface area contributed by atoms with E-state index in [4.69, 9.17) is 18.0 Å². The van der Waals surface area contributed by atoms with Gasteiger partial charge in [-0.2, -0.15) is 0 Å². The molecule has 0 fully saturated rings. The summed E-state index contributed by atoms with van der Waals surface area (Å²) in [7, 11) is -2.91. The Balaban J connectivity index is 2.55. The lowest BCUT2D eigenvalue weighted by molar-refractivity contribution is 0.600. The Bertz CT molecular complexity index is 500. The van der Waals surface area contributed by atoms with E-state index in [-0.39, 0.29) is 10.7 Å². The van der Waals surface area contributed by atoms with Crippen LogP contribution in [0.5, 0.6) is 0 Å². The summed E-state index contributed by atoms with van der Waals surface area (Å²) in [5.41, 5.74) is 7.00. The van der Waals surface area contributed by atoms with Crippen molar-refractivity contribution in [3.05, 3.63) is 24.0 Å². The van der Waals surface area contributed by atoms with Crippen molar-refractivity contribution in [1.29, 1.82) is 0 Å². The van der Waals surface area contributed by atoms with Crippen LogP contribution in [-0.4, -0.2) is 36.9 Å². The third-order valence-electron chi connectivity index (χ3n) is 2.09. The van der Waals surface area contributed by atoms with E-state index >= 15 is 0 Å². The molecule has 1 rings (SSSR count). The number of thiocarbonyl (C=S) groups is 1. The van der Waals surface area contributed by atoms with E-state index in [0.717, 1.165) is 5.69 Å². The second-order valence-electron chi connectivity index (χ2n) is 3.70. The maximum absolute atomic E-state index is 10.9. The standard InChI is InChI=1S/C10H15N3O2S2/c1-17(14,15)6-2-4-13-9-7-12-5-3-8(9)10(11)16/h3,5,7,13H,2,4,6H2,1H3,(H2,11,16). The molecule has 7 heteroatoms. The molecule has 0 saturated heterocycles. The zero-order valence-electron chi connectivity index (χ0n) is 9.51. The number of pyridine rings is 1. The lowest BCUT2D eigenvalue weighted by Crippen LogP contribution is -2.15. The van der Waals surface area contributed by atoms with Crippen molar-refractivity contribution in [1.82, 2.24) is 4.98 Å². The Morgan fingerprint density at radius 3 is 2.88 bits per heavy atom. The van der Waals surface area contributed by atoms with Crippen LogP contribution in [-0.2, 0) is 9.84 Å². The van der Waals surface area contributed by atoms with Crippen LogP contribution in [0.1, 0.15) is 12.0 Å². The number of rotatable bonds is 6. The zero-order chi connectivity index (χ0) is 12.9. The Labute approximate surface area is 106 Å². The number of nitrogens with one attached hydrogen (secondary N) is 1. The van der Waals surface area contributed by atoms with Gasteiger partial charge in [0.1, 0.15) is 14.8 Å². The molecular weight excluding hydrogens is 258 g/mol. The smallest absolute Gasteiger partial charge is 0.147 e. The number of nitrogens with two attached hydrogens (primary N) is 1. The van der Waals surface area contributed by atoms with Crippen LogP contribution in [0.25, 0.3) is 0 Å². The van der Waals surface area contributed by atoms with Gasteiger partial charge >= 0.3 is 0 Å². The second-order valence-corrected chi connectivity index (χ2v) is 6.40. The summed E-state index contributed by atoms with van der Waals surface area (Å²) in [4.78, 5) is 4.25. The van der Waals surface area contributed by atoms with Crippen molar-refractivity contribution >= 4 is 32.7 Å². The van der Waals surface area contributed by atoms with E-state index < -0.39 is 9.84 Å². The number of sulfone groups is 1. The molecule has 0 saturated carbocycles. The summed E-state index contributed by atoms with van der Waals surface area (Å²) in [5.74, 6) is 0.155. The highest BCUT2D eigenvalue weighted by Crippen LogP contribution is 2.12. The molecule has 0 bridgehead atoms. The highest BCUT2D eigenvalue weighted by atomic mass is 32.2. The van der Waals surface area contributed by atoms with Crippen LogP contribution in [0.3, 0.4) is 0 Å². The van der Waals surface area contributed by atoms with Gasteiger partial charge in [-0.15, -0.1) is 0 Å². The lowest BCUT2D eigenvalue weighted by atomic mass is 10.2. The molecule has 0 amide bonds.